The molecule has 0 bridgehead atoms. The van der Waals surface area contributed by atoms with Crippen LogP contribution in [0.5, 0.6) is 5.75 Å². The van der Waals surface area contributed by atoms with E-state index in [1.807, 2.05) is 0 Å². The van der Waals surface area contributed by atoms with E-state index in [1.54, 1.807) is 37.5 Å². The van der Waals surface area contributed by atoms with Crippen LogP contribution in [0, 0.1) is 0 Å². The quantitative estimate of drug-likeness (QED) is 0.592. The van der Waals surface area contributed by atoms with Gasteiger partial charge < -0.3 is 14.8 Å². The lowest BCUT2D eigenvalue weighted by Crippen LogP contribution is -2.38. The maximum atomic E-state index is 11.6. The molecule has 0 saturated carbocycles. The molecule has 0 aromatic heterocycles. The third-order valence-corrected chi connectivity index (χ3v) is 5.22. The van der Waals surface area contributed by atoms with Gasteiger partial charge in [0.15, 0.2) is 16.4 Å². The molecule has 7 nitrogen and oxygen atoms in total. The molecule has 1 atom stereocenters. The molecule has 2 rings (SSSR count). The molecular weight excluding hydrogens is 334 g/mol. The molecule has 1 aliphatic heterocycles. The summed E-state index contributed by atoms with van der Waals surface area (Å²) in [7, 11) is -1.51. The molecule has 8 heteroatoms. The number of hydrogen-bond acceptors (Lipinski definition) is 6. The molecule has 1 saturated heterocycles. The molecule has 0 radical (unpaired) electrons. The summed E-state index contributed by atoms with van der Waals surface area (Å²) in [5, 5.41) is 2.54. The van der Waals surface area contributed by atoms with Crippen LogP contribution < -0.4 is 10.1 Å². The number of rotatable bonds is 6. The summed E-state index contributed by atoms with van der Waals surface area (Å²) in [4.78, 5) is 23.2. The zero-order chi connectivity index (χ0) is 17.6. The highest BCUT2D eigenvalue weighted by molar-refractivity contribution is 7.91. The Bertz CT molecular complexity index is 741. The normalized spacial score (nSPS) is 19.1. The van der Waals surface area contributed by atoms with Crippen molar-refractivity contribution in [2.75, 3.05) is 25.2 Å². The maximum Gasteiger partial charge on any atom is 0.331 e. The molecular formula is C16H19NO6S. The molecule has 1 N–H and O–H groups in total. The summed E-state index contributed by atoms with van der Waals surface area (Å²) < 4.78 is 32.5. The number of benzene rings is 1. The van der Waals surface area contributed by atoms with Crippen molar-refractivity contribution in [3.63, 3.8) is 0 Å². The molecule has 0 aliphatic carbocycles. The van der Waals surface area contributed by atoms with Crippen LogP contribution in [-0.2, 0) is 24.2 Å². The van der Waals surface area contributed by atoms with Gasteiger partial charge in [-0.05, 0) is 30.2 Å². The number of carbonyl (C=O) groups excluding carboxylic acids is 2. The molecule has 1 aromatic carbocycles. The number of ether oxygens (including phenoxy) is 2. The highest BCUT2D eigenvalue weighted by Gasteiger charge is 2.28. The van der Waals surface area contributed by atoms with Crippen molar-refractivity contribution in [1.82, 2.24) is 5.32 Å². The van der Waals surface area contributed by atoms with Gasteiger partial charge in [0.2, 0.25) is 0 Å². The van der Waals surface area contributed by atoms with Gasteiger partial charge in [-0.1, -0.05) is 12.1 Å². The number of nitrogens with one attached hydrogen (secondary N) is 1. The van der Waals surface area contributed by atoms with Crippen molar-refractivity contribution in [3.8, 4) is 5.75 Å². The standard InChI is InChI=1S/C16H19NO6S/c1-22-14-4-2-3-12(9-14)5-6-16(19)23-10-15(18)17-13-7-8-24(20,21)11-13/h2-6,9,13H,7-8,10-11H2,1H3,(H,17,18)/b6-5+/t13-/m1/s1. The van der Waals surface area contributed by atoms with Crippen LogP contribution in [0.2, 0.25) is 0 Å². The number of amides is 1. The molecule has 0 spiro atoms. The second kappa shape index (κ2) is 7.96. The molecule has 0 unspecified atom stereocenters. The van der Waals surface area contributed by atoms with Crippen LogP contribution in [0.15, 0.2) is 30.3 Å². The minimum atomic E-state index is -3.06. The van der Waals surface area contributed by atoms with E-state index in [0.29, 0.717) is 12.2 Å². The summed E-state index contributed by atoms with van der Waals surface area (Å²) in [6.45, 7) is -0.447. The van der Waals surface area contributed by atoms with Gasteiger partial charge >= 0.3 is 5.97 Å². The Kier molecular flexibility index (Phi) is 5.97. The first-order valence-electron chi connectivity index (χ1n) is 7.36. The SMILES string of the molecule is COc1cccc(/C=C/C(=O)OCC(=O)N[C@@H]2CCS(=O)(=O)C2)c1. The van der Waals surface area contributed by atoms with Crippen LogP contribution >= 0.6 is 0 Å². The summed E-state index contributed by atoms with van der Waals surface area (Å²) in [5.74, 6) is -0.507. The zero-order valence-electron chi connectivity index (χ0n) is 13.2. The van der Waals surface area contributed by atoms with E-state index in [4.69, 9.17) is 9.47 Å². The summed E-state index contributed by atoms with van der Waals surface area (Å²) in [5.41, 5.74) is 0.756. The van der Waals surface area contributed by atoms with Gasteiger partial charge in [-0.25, -0.2) is 13.2 Å². The van der Waals surface area contributed by atoms with E-state index in [2.05, 4.69) is 5.32 Å². The minimum Gasteiger partial charge on any atom is -0.497 e. The smallest absolute Gasteiger partial charge is 0.331 e. The Morgan fingerprint density at radius 2 is 2.17 bits per heavy atom. The fourth-order valence-corrected chi connectivity index (χ4v) is 3.95. The fraction of sp³-hybridized carbons (Fsp3) is 0.375. The van der Waals surface area contributed by atoms with Gasteiger partial charge in [-0.15, -0.1) is 0 Å². The van der Waals surface area contributed by atoms with Crippen molar-refractivity contribution in [3.05, 3.63) is 35.9 Å². The summed E-state index contributed by atoms with van der Waals surface area (Å²) >= 11 is 0. The van der Waals surface area contributed by atoms with Crippen molar-refractivity contribution < 1.29 is 27.5 Å². The van der Waals surface area contributed by atoms with E-state index < -0.39 is 34.4 Å². The average Bonchev–Trinajstić information content (AvgIpc) is 2.89. The molecule has 1 aliphatic rings. The highest BCUT2D eigenvalue weighted by Crippen LogP contribution is 2.13. The monoisotopic (exact) mass is 353 g/mol. The largest absolute Gasteiger partial charge is 0.497 e. The van der Waals surface area contributed by atoms with Gasteiger partial charge in [0, 0.05) is 12.1 Å². The molecule has 24 heavy (non-hydrogen) atoms. The highest BCUT2D eigenvalue weighted by atomic mass is 32.2. The lowest BCUT2D eigenvalue weighted by atomic mass is 10.2. The van der Waals surface area contributed by atoms with E-state index in [0.717, 1.165) is 5.56 Å². The first kappa shape index (κ1) is 18.0. The number of methoxy groups -OCH3 is 1. The Morgan fingerprint density at radius 1 is 1.38 bits per heavy atom. The summed E-state index contributed by atoms with van der Waals surface area (Å²) in [6, 6.07) is 6.70. The van der Waals surface area contributed by atoms with E-state index >= 15 is 0 Å². The van der Waals surface area contributed by atoms with Gasteiger partial charge in [0.05, 0.1) is 18.6 Å². The third-order valence-electron chi connectivity index (χ3n) is 3.45. The first-order valence-corrected chi connectivity index (χ1v) is 9.19. The van der Waals surface area contributed by atoms with Crippen molar-refractivity contribution in [1.29, 1.82) is 0 Å². The van der Waals surface area contributed by atoms with E-state index in [-0.39, 0.29) is 11.5 Å². The van der Waals surface area contributed by atoms with Gasteiger partial charge in [-0.2, -0.15) is 0 Å². The third kappa shape index (κ3) is 5.69. The van der Waals surface area contributed by atoms with E-state index in [1.165, 1.54) is 6.08 Å². The predicted molar refractivity (Wildman–Crippen MR) is 88.2 cm³/mol. The lowest BCUT2D eigenvalue weighted by Gasteiger charge is -2.10. The van der Waals surface area contributed by atoms with Gasteiger partial charge in [-0.3, -0.25) is 4.79 Å². The van der Waals surface area contributed by atoms with Crippen molar-refractivity contribution in [2.24, 2.45) is 0 Å². The Hall–Kier alpha value is -2.35. The average molecular weight is 353 g/mol. The lowest BCUT2D eigenvalue weighted by molar-refractivity contribution is -0.143. The minimum absolute atomic E-state index is 0.0670. The Labute approximate surface area is 140 Å². The molecule has 1 heterocycles. The Balaban J connectivity index is 1.76. The van der Waals surface area contributed by atoms with E-state index in [9.17, 15) is 18.0 Å². The number of carbonyl (C=O) groups is 2. The van der Waals surface area contributed by atoms with Gasteiger partial charge in [0.25, 0.3) is 5.91 Å². The predicted octanol–water partition coefficient (Wildman–Crippen LogP) is 0.555. The van der Waals surface area contributed by atoms with Crippen LogP contribution in [0.25, 0.3) is 6.08 Å². The second-order valence-electron chi connectivity index (χ2n) is 5.39. The number of hydrogen-bond donors (Lipinski definition) is 1. The van der Waals surface area contributed by atoms with Crippen molar-refractivity contribution >= 4 is 27.8 Å². The number of esters is 1. The van der Waals surface area contributed by atoms with Crippen LogP contribution in [0.3, 0.4) is 0 Å². The van der Waals surface area contributed by atoms with Gasteiger partial charge in [0.1, 0.15) is 5.75 Å². The number of sulfone groups is 1. The zero-order valence-corrected chi connectivity index (χ0v) is 14.0. The molecule has 1 fully saturated rings. The van der Waals surface area contributed by atoms with Crippen molar-refractivity contribution in [2.45, 2.75) is 12.5 Å². The second-order valence-corrected chi connectivity index (χ2v) is 7.61. The Morgan fingerprint density at radius 3 is 2.83 bits per heavy atom. The van der Waals surface area contributed by atoms with Crippen LogP contribution in [0.4, 0.5) is 0 Å². The topological polar surface area (TPSA) is 98.8 Å². The molecule has 130 valence electrons. The van der Waals surface area contributed by atoms with Crippen LogP contribution in [-0.4, -0.2) is 51.6 Å². The first-order chi connectivity index (χ1) is 11.4. The molecule has 1 amide bonds. The maximum absolute atomic E-state index is 11.6. The summed E-state index contributed by atoms with van der Waals surface area (Å²) in [6.07, 6.45) is 3.14. The van der Waals surface area contributed by atoms with Crippen LogP contribution in [0.1, 0.15) is 12.0 Å². The fourth-order valence-electron chi connectivity index (χ4n) is 2.27. The molecule has 1 aromatic rings.